The largest absolute Gasteiger partial charge is 0.496 e. The van der Waals surface area contributed by atoms with Gasteiger partial charge >= 0.3 is 6.18 Å². The molecule has 1 aromatic carbocycles. The highest BCUT2D eigenvalue weighted by atomic mass is 19.4. The molecular weight excluding hydrogens is 257 g/mol. The molecule has 0 aliphatic heterocycles. The van der Waals surface area contributed by atoms with Gasteiger partial charge in [0.05, 0.1) is 18.4 Å². The number of methoxy groups -OCH3 is 1. The van der Waals surface area contributed by atoms with Gasteiger partial charge in [-0.25, -0.2) is 0 Å². The number of rotatable bonds is 4. The molecule has 6 heteroatoms. The van der Waals surface area contributed by atoms with Crippen LogP contribution in [0.25, 0.3) is 0 Å². The fourth-order valence-corrected chi connectivity index (χ4v) is 1.50. The second-order valence-corrected chi connectivity index (χ2v) is 3.78. The van der Waals surface area contributed by atoms with Crippen molar-refractivity contribution in [3.8, 4) is 5.75 Å². The van der Waals surface area contributed by atoms with Gasteiger partial charge in [0.15, 0.2) is 0 Å². The van der Waals surface area contributed by atoms with Crippen molar-refractivity contribution in [2.45, 2.75) is 13.1 Å². The van der Waals surface area contributed by atoms with Crippen LogP contribution in [0.5, 0.6) is 5.75 Å². The van der Waals surface area contributed by atoms with E-state index in [4.69, 9.17) is 4.74 Å². The number of ether oxygens (including phenoxy) is 1. The van der Waals surface area contributed by atoms with Crippen molar-refractivity contribution in [3.63, 3.8) is 0 Å². The molecule has 0 amide bonds. The first-order valence-electron chi connectivity index (χ1n) is 5.26. The molecule has 102 valence electrons. The number of halogens is 3. The molecule has 1 aromatic rings. The van der Waals surface area contributed by atoms with E-state index in [0.717, 1.165) is 12.1 Å². The maximum absolute atomic E-state index is 12.6. The standard InChI is InChI=1S/C13H13F3N2O/c1-8(2)12(18-17-3)10-6-5-9(13(14,15)16)7-11(10)19-4/h5-7H,1,3H2,2,4H3/b18-12+. The number of nitrogens with zero attached hydrogens (tertiary/aromatic N) is 2. The highest BCUT2D eigenvalue weighted by molar-refractivity contribution is 6.13. The highest BCUT2D eigenvalue weighted by Gasteiger charge is 2.31. The number of alkyl halides is 3. The van der Waals surface area contributed by atoms with Crippen LogP contribution in [-0.2, 0) is 6.18 Å². The summed E-state index contributed by atoms with van der Waals surface area (Å²) in [7, 11) is 1.29. The Labute approximate surface area is 109 Å². The molecule has 0 radical (unpaired) electrons. The van der Waals surface area contributed by atoms with Crippen molar-refractivity contribution >= 4 is 12.4 Å². The Morgan fingerprint density at radius 3 is 2.37 bits per heavy atom. The third kappa shape index (κ3) is 3.43. The third-order valence-electron chi connectivity index (χ3n) is 2.36. The van der Waals surface area contributed by atoms with Crippen LogP contribution >= 0.6 is 0 Å². The molecule has 3 nitrogen and oxygen atoms in total. The monoisotopic (exact) mass is 270 g/mol. The lowest BCUT2D eigenvalue weighted by molar-refractivity contribution is -0.137. The molecule has 0 aromatic heterocycles. The molecule has 19 heavy (non-hydrogen) atoms. The number of allylic oxidation sites excluding steroid dienone is 1. The lowest BCUT2D eigenvalue weighted by atomic mass is 10.0. The minimum Gasteiger partial charge on any atom is -0.496 e. The number of hydrogen-bond donors (Lipinski definition) is 0. The molecule has 0 heterocycles. The third-order valence-corrected chi connectivity index (χ3v) is 2.36. The summed E-state index contributed by atoms with van der Waals surface area (Å²) in [5, 5.41) is 7.14. The summed E-state index contributed by atoms with van der Waals surface area (Å²) in [5.41, 5.74) is 0.474. The molecule has 0 unspecified atom stereocenters. The Balaban J connectivity index is 3.41. The van der Waals surface area contributed by atoms with Crippen LogP contribution in [0.1, 0.15) is 18.1 Å². The molecule has 0 atom stereocenters. The van der Waals surface area contributed by atoms with E-state index in [9.17, 15) is 13.2 Å². The van der Waals surface area contributed by atoms with E-state index < -0.39 is 11.7 Å². The Morgan fingerprint density at radius 2 is 1.95 bits per heavy atom. The second kappa shape index (κ2) is 5.69. The summed E-state index contributed by atoms with van der Waals surface area (Å²) in [6.07, 6.45) is -4.43. The Bertz CT molecular complexity index is 533. The zero-order chi connectivity index (χ0) is 14.6. The van der Waals surface area contributed by atoms with Crippen molar-refractivity contribution in [2.24, 2.45) is 10.2 Å². The van der Waals surface area contributed by atoms with Crippen molar-refractivity contribution in [1.29, 1.82) is 0 Å². The smallest absolute Gasteiger partial charge is 0.416 e. The lowest BCUT2D eigenvalue weighted by Gasteiger charge is -2.13. The molecule has 1 rings (SSSR count). The van der Waals surface area contributed by atoms with Gasteiger partial charge in [0.2, 0.25) is 0 Å². The zero-order valence-corrected chi connectivity index (χ0v) is 10.6. The topological polar surface area (TPSA) is 34.0 Å². The predicted molar refractivity (Wildman–Crippen MR) is 68.9 cm³/mol. The van der Waals surface area contributed by atoms with E-state index in [1.165, 1.54) is 13.2 Å². The molecule has 0 bridgehead atoms. The number of hydrogen-bond acceptors (Lipinski definition) is 3. The Morgan fingerprint density at radius 1 is 1.32 bits per heavy atom. The van der Waals surface area contributed by atoms with Crippen LogP contribution in [-0.4, -0.2) is 19.5 Å². The Hall–Kier alpha value is -2.11. The molecule has 0 N–H and O–H groups in total. The van der Waals surface area contributed by atoms with Gasteiger partial charge in [-0.2, -0.15) is 23.4 Å². The van der Waals surface area contributed by atoms with Gasteiger partial charge in [0.25, 0.3) is 0 Å². The Kier molecular flexibility index (Phi) is 4.47. The van der Waals surface area contributed by atoms with E-state index in [1.807, 2.05) is 0 Å². The minimum absolute atomic E-state index is 0.0558. The first-order valence-corrected chi connectivity index (χ1v) is 5.26. The van der Waals surface area contributed by atoms with Crippen LogP contribution in [0.4, 0.5) is 13.2 Å². The first kappa shape index (κ1) is 14.9. The van der Waals surface area contributed by atoms with E-state index in [2.05, 4.69) is 23.5 Å². The van der Waals surface area contributed by atoms with Gasteiger partial charge < -0.3 is 4.74 Å². The summed E-state index contributed by atoms with van der Waals surface area (Å²) >= 11 is 0. The van der Waals surface area contributed by atoms with E-state index in [1.54, 1.807) is 6.92 Å². The fourth-order valence-electron chi connectivity index (χ4n) is 1.50. The van der Waals surface area contributed by atoms with Gasteiger partial charge in [0, 0.05) is 12.3 Å². The van der Waals surface area contributed by atoms with E-state index in [-0.39, 0.29) is 5.75 Å². The molecule has 0 saturated carbocycles. The van der Waals surface area contributed by atoms with Crippen molar-refractivity contribution in [1.82, 2.24) is 0 Å². The van der Waals surface area contributed by atoms with Gasteiger partial charge in [-0.1, -0.05) is 6.58 Å². The molecule has 0 fully saturated rings. The average molecular weight is 270 g/mol. The van der Waals surface area contributed by atoms with Crippen LogP contribution in [0, 0.1) is 0 Å². The van der Waals surface area contributed by atoms with Crippen LogP contribution < -0.4 is 4.74 Å². The average Bonchev–Trinajstić information content (AvgIpc) is 2.33. The SMILES string of the molecule is C=N/N=C(\C(=C)C)c1ccc(C(F)(F)F)cc1OC. The van der Waals surface area contributed by atoms with Crippen LogP contribution in [0.15, 0.2) is 40.6 Å². The number of benzene rings is 1. The second-order valence-electron chi connectivity index (χ2n) is 3.78. The molecule has 0 saturated heterocycles. The van der Waals surface area contributed by atoms with Crippen molar-refractivity contribution in [3.05, 3.63) is 41.5 Å². The van der Waals surface area contributed by atoms with E-state index >= 15 is 0 Å². The van der Waals surface area contributed by atoms with Crippen LogP contribution in [0.3, 0.4) is 0 Å². The van der Waals surface area contributed by atoms with Gasteiger partial charge in [0.1, 0.15) is 5.75 Å². The molecular formula is C13H13F3N2O. The zero-order valence-electron chi connectivity index (χ0n) is 10.6. The molecule has 0 aliphatic carbocycles. The van der Waals surface area contributed by atoms with Crippen molar-refractivity contribution in [2.75, 3.05) is 7.11 Å². The van der Waals surface area contributed by atoms with Crippen molar-refractivity contribution < 1.29 is 17.9 Å². The first-order chi connectivity index (χ1) is 8.81. The summed E-state index contributed by atoms with van der Waals surface area (Å²) in [6, 6.07) is 3.15. The lowest BCUT2D eigenvalue weighted by Crippen LogP contribution is -2.09. The summed E-state index contributed by atoms with van der Waals surface area (Å²) in [4.78, 5) is 0. The molecule has 0 spiro atoms. The predicted octanol–water partition coefficient (Wildman–Crippen LogP) is 3.69. The van der Waals surface area contributed by atoms with Gasteiger partial charge in [-0.05, 0) is 30.7 Å². The highest BCUT2D eigenvalue weighted by Crippen LogP contribution is 2.33. The maximum Gasteiger partial charge on any atom is 0.416 e. The summed E-state index contributed by atoms with van der Waals surface area (Å²) in [5.74, 6) is 0.0558. The maximum atomic E-state index is 12.6. The summed E-state index contributed by atoms with van der Waals surface area (Å²) < 4.78 is 42.8. The van der Waals surface area contributed by atoms with Crippen LogP contribution in [0.2, 0.25) is 0 Å². The molecule has 0 aliphatic rings. The fraction of sp³-hybridized carbons (Fsp3) is 0.231. The van der Waals surface area contributed by atoms with E-state index in [0.29, 0.717) is 16.8 Å². The van der Waals surface area contributed by atoms with Gasteiger partial charge in [-0.15, -0.1) is 0 Å². The summed E-state index contributed by atoms with van der Waals surface area (Å²) in [6.45, 7) is 8.59. The quantitative estimate of drug-likeness (QED) is 0.606. The normalized spacial score (nSPS) is 12.2. The minimum atomic E-state index is -4.43. The van der Waals surface area contributed by atoms with Gasteiger partial charge in [-0.3, -0.25) is 0 Å².